The van der Waals surface area contributed by atoms with Gasteiger partial charge in [-0.2, -0.15) is 0 Å². The van der Waals surface area contributed by atoms with Crippen LogP contribution in [0.1, 0.15) is 6.92 Å². The summed E-state index contributed by atoms with van der Waals surface area (Å²) < 4.78 is 45.6. The van der Waals surface area contributed by atoms with E-state index in [1.807, 2.05) is 0 Å². The minimum atomic E-state index is -3.77. The third-order valence-corrected chi connectivity index (χ3v) is 5.16. The number of sulfone groups is 1. The Bertz CT molecular complexity index is 347. The fourth-order valence-electron chi connectivity index (χ4n) is 0.654. The van der Waals surface area contributed by atoms with Gasteiger partial charge in [-0.3, -0.25) is 0 Å². The number of halogens is 1. The number of nitrogens with one attached hydrogen (secondary N) is 1. The minimum Gasteiger partial charge on any atom is -0.228 e. The van der Waals surface area contributed by atoms with E-state index in [0.29, 0.717) is 0 Å². The van der Waals surface area contributed by atoms with Gasteiger partial charge in [0.15, 0.2) is 14.9 Å². The molecule has 0 bridgehead atoms. The molecule has 8 heteroatoms. The Kier molecular flexibility index (Phi) is 4.64. The van der Waals surface area contributed by atoms with Crippen LogP contribution in [0.3, 0.4) is 0 Å². The van der Waals surface area contributed by atoms with Crippen molar-refractivity contribution < 1.29 is 16.8 Å². The lowest BCUT2D eigenvalue weighted by Gasteiger charge is -2.09. The first-order valence-corrected chi connectivity index (χ1v) is 7.65. The summed E-state index contributed by atoms with van der Waals surface area (Å²) in [6.07, 6.45) is 0.859. The van der Waals surface area contributed by atoms with Crippen LogP contribution in [-0.4, -0.2) is 40.1 Å². The van der Waals surface area contributed by atoms with Gasteiger partial charge in [0.25, 0.3) is 0 Å². The number of hydrogen-bond donors (Lipinski definition) is 1. The molecule has 5 nitrogen and oxygen atoms in total. The van der Waals surface area contributed by atoms with E-state index in [1.54, 1.807) is 6.92 Å². The van der Waals surface area contributed by atoms with Gasteiger partial charge in [-0.1, -0.05) is 0 Å². The quantitative estimate of drug-likeness (QED) is 0.669. The SMILES string of the molecule is CC(CCl)NS(=O)(=O)CS(C)(=O)=O. The lowest BCUT2D eigenvalue weighted by molar-refractivity contribution is 0.571. The van der Waals surface area contributed by atoms with Crippen molar-refractivity contribution in [3.05, 3.63) is 0 Å². The van der Waals surface area contributed by atoms with Crippen LogP contribution in [-0.2, 0) is 19.9 Å². The third kappa shape index (κ3) is 7.24. The van der Waals surface area contributed by atoms with E-state index in [4.69, 9.17) is 11.6 Å². The van der Waals surface area contributed by atoms with E-state index in [-0.39, 0.29) is 5.88 Å². The Hall–Kier alpha value is 0.150. The zero-order valence-electron chi connectivity index (χ0n) is 7.32. The van der Waals surface area contributed by atoms with Crippen LogP contribution in [0.4, 0.5) is 0 Å². The van der Waals surface area contributed by atoms with Crippen molar-refractivity contribution in [2.24, 2.45) is 0 Å². The summed E-state index contributed by atoms with van der Waals surface area (Å²) in [5.41, 5.74) is 0. The van der Waals surface area contributed by atoms with E-state index >= 15 is 0 Å². The number of alkyl halides is 1. The Balaban J connectivity index is 4.45. The maximum atomic E-state index is 11.1. The molecular weight excluding hydrogens is 238 g/mol. The maximum absolute atomic E-state index is 11.1. The largest absolute Gasteiger partial charge is 0.228 e. The van der Waals surface area contributed by atoms with Crippen molar-refractivity contribution in [3.8, 4) is 0 Å². The van der Waals surface area contributed by atoms with Crippen LogP contribution in [0.2, 0.25) is 0 Å². The van der Waals surface area contributed by atoms with Gasteiger partial charge in [0.2, 0.25) is 10.0 Å². The molecule has 1 atom stereocenters. The molecule has 0 aromatic heterocycles. The van der Waals surface area contributed by atoms with E-state index in [9.17, 15) is 16.8 Å². The average Bonchev–Trinajstić information content (AvgIpc) is 1.80. The molecule has 0 aliphatic heterocycles. The summed E-state index contributed by atoms with van der Waals surface area (Å²) in [6.45, 7) is 1.55. The topological polar surface area (TPSA) is 80.3 Å². The smallest absolute Gasteiger partial charge is 0.226 e. The van der Waals surface area contributed by atoms with Gasteiger partial charge in [-0.15, -0.1) is 11.6 Å². The molecular formula is C5H12ClNO4S2. The molecule has 0 amide bonds. The molecule has 1 N–H and O–H groups in total. The predicted molar refractivity (Wildman–Crippen MR) is 51.9 cm³/mol. The van der Waals surface area contributed by atoms with Crippen LogP contribution in [0.15, 0.2) is 0 Å². The van der Waals surface area contributed by atoms with E-state index in [2.05, 4.69) is 4.72 Å². The third-order valence-electron chi connectivity index (χ3n) is 0.981. The molecule has 0 radical (unpaired) electrons. The van der Waals surface area contributed by atoms with Gasteiger partial charge in [-0.05, 0) is 6.92 Å². The summed E-state index contributed by atoms with van der Waals surface area (Å²) in [5, 5.41) is -0.902. The molecule has 80 valence electrons. The van der Waals surface area contributed by atoms with Crippen LogP contribution < -0.4 is 4.72 Å². The molecule has 0 saturated heterocycles. The summed E-state index contributed by atoms with van der Waals surface area (Å²) >= 11 is 5.35. The van der Waals surface area contributed by atoms with Crippen molar-refractivity contribution in [1.29, 1.82) is 0 Å². The number of sulfonamides is 1. The molecule has 0 aliphatic rings. The minimum absolute atomic E-state index is 0.100. The predicted octanol–water partition coefficient (Wildman–Crippen LogP) is -0.465. The number of rotatable bonds is 5. The Morgan fingerprint density at radius 3 is 2.08 bits per heavy atom. The second kappa shape index (κ2) is 4.59. The summed E-state index contributed by atoms with van der Waals surface area (Å²) in [6, 6.07) is -0.464. The molecule has 0 spiro atoms. The van der Waals surface area contributed by atoms with Crippen molar-refractivity contribution in [2.45, 2.75) is 13.0 Å². The molecule has 0 rings (SSSR count). The zero-order chi connectivity index (χ0) is 10.7. The van der Waals surface area contributed by atoms with E-state index in [0.717, 1.165) is 6.26 Å². The molecule has 0 aliphatic carbocycles. The van der Waals surface area contributed by atoms with Gasteiger partial charge >= 0.3 is 0 Å². The Morgan fingerprint density at radius 2 is 1.77 bits per heavy atom. The first-order valence-electron chi connectivity index (χ1n) is 3.40. The van der Waals surface area contributed by atoms with Gasteiger partial charge < -0.3 is 0 Å². The monoisotopic (exact) mass is 249 g/mol. The van der Waals surface area contributed by atoms with Gasteiger partial charge in [-0.25, -0.2) is 21.6 Å². The van der Waals surface area contributed by atoms with E-state index in [1.165, 1.54) is 0 Å². The molecule has 0 aromatic carbocycles. The van der Waals surface area contributed by atoms with Crippen molar-refractivity contribution in [1.82, 2.24) is 4.72 Å². The molecule has 0 fully saturated rings. The lowest BCUT2D eigenvalue weighted by Crippen LogP contribution is -2.37. The molecule has 0 aromatic rings. The fourth-order valence-corrected chi connectivity index (χ4v) is 4.05. The Labute approximate surface area is 83.4 Å². The normalized spacial score (nSPS) is 15.6. The van der Waals surface area contributed by atoms with E-state index < -0.39 is 31.0 Å². The van der Waals surface area contributed by atoms with Crippen molar-refractivity contribution in [2.75, 3.05) is 17.2 Å². The summed E-state index contributed by atoms with van der Waals surface area (Å²) in [5.74, 6) is 0.100. The summed E-state index contributed by atoms with van der Waals surface area (Å²) in [4.78, 5) is 0. The highest BCUT2D eigenvalue weighted by Gasteiger charge is 2.19. The van der Waals surface area contributed by atoms with Gasteiger partial charge in [0.05, 0.1) is 0 Å². The zero-order valence-corrected chi connectivity index (χ0v) is 9.71. The average molecular weight is 250 g/mol. The van der Waals surface area contributed by atoms with Gasteiger partial charge in [0.1, 0.15) is 0 Å². The van der Waals surface area contributed by atoms with Crippen LogP contribution in [0, 0.1) is 0 Å². The maximum Gasteiger partial charge on any atom is 0.226 e. The molecule has 1 unspecified atom stereocenters. The van der Waals surface area contributed by atoms with Crippen LogP contribution >= 0.6 is 11.6 Å². The highest BCUT2D eigenvalue weighted by Crippen LogP contribution is 1.95. The number of hydrogen-bond acceptors (Lipinski definition) is 4. The fraction of sp³-hybridized carbons (Fsp3) is 1.00. The first-order chi connectivity index (χ1) is 5.66. The standard InChI is InChI=1S/C5H12ClNO4S2/c1-5(3-6)7-13(10,11)4-12(2,8)9/h5,7H,3-4H2,1-2H3. The van der Waals surface area contributed by atoms with Crippen molar-refractivity contribution >= 4 is 31.5 Å². The van der Waals surface area contributed by atoms with Crippen molar-refractivity contribution in [3.63, 3.8) is 0 Å². The first kappa shape index (κ1) is 13.2. The molecule has 13 heavy (non-hydrogen) atoms. The van der Waals surface area contributed by atoms with Gasteiger partial charge in [0, 0.05) is 18.2 Å². The highest BCUT2D eigenvalue weighted by molar-refractivity contribution is 8.06. The molecule has 0 heterocycles. The van der Waals surface area contributed by atoms with Crippen LogP contribution in [0.5, 0.6) is 0 Å². The second-order valence-electron chi connectivity index (χ2n) is 2.83. The summed E-state index contributed by atoms with van der Waals surface area (Å²) in [7, 11) is -7.30. The lowest BCUT2D eigenvalue weighted by atomic mass is 10.4. The highest BCUT2D eigenvalue weighted by atomic mass is 35.5. The molecule has 0 saturated carbocycles. The Morgan fingerprint density at radius 1 is 1.31 bits per heavy atom. The van der Waals surface area contributed by atoms with Crippen LogP contribution in [0.25, 0.3) is 0 Å². The second-order valence-corrected chi connectivity index (χ2v) is 7.40.